The van der Waals surface area contributed by atoms with E-state index in [1.807, 2.05) is 31.2 Å². The van der Waals surface area contributed by atoms with Crippen molar-refractivity contribution in [2.75, 3.05) is 6.61 Å². The van der Waals surface area contributed by atoms with Gasteiger partial charge in [-0.15, -0.1) is 0 Å². The van der Waals surface area contributed by atoms with Crippen molar-refractivity contribution in [1.29, 1.82) is 0 Å². The average molecular weight is 299 g/mol. The summed E-state index contributed by atoms with van der Waals surface area (Å²) in [5.41, 5.74) is 2.99. The molecule has 1 heterocycles. The summed E-state index contributed by atoms with van der Waals surface area (Å²) in [7, 11) is 0. The van der Waals surface area contributed by atoms with Crippen molar-refractivity contribution in [2.24, 2.45) is 5.10 Å². The number of amides is 1. The van der Waals surface area contributed by atoms with Crippen molar-refractivity contribution in [3.8, 4) is 5.75 Å². The molecule has 0 atom stereocenters. The number of hydrazone groups is 1. The van der Waals surface area contributed by atoms with Crippen LogP contribution in [0.4, 0.5) is 0 Å². The van der Waals surface area contributed by atoms with Crippen molar-refractivity contribution in [2.45, 2.75) is 13.5 Å². The number of carbonyl (C=O) groups is 1. The highest BCUT2D eigenvalue weighted by molar-refractivity contribution is 5.82. The third-order valence-corrected chi connectivity index (χ3v) is 2.81. The Morgan fingerprint density at radius 2 is 2.05 bits per heavy atom. The average Bonchev–Trinajstić information content (AvgIpc) is 2.52. The minimum Gasteiger partial charge on any atom is -0.494 e. The number of aromatic nitrogens is 1. The Morgan fingerprint density at radius 3 is 2.73 bits per heavy atom. The van der Waals surface area contributed by atoms with E-state index in [0.717, 1.165) is 11.3 Å². The summed E-state index contributed by atoms with van der Waals surface area (Å²) in [6.07, 6.45) is 3.08. The normalized spacial score (nSPS) is 10.6. The van der Waals surface area contributed by atoms with Crippen LogP contribution in [0.3, 0.4) is 0 Å². The van der Waals surface area contributed by atoms with Crippen molar-refractivity contribution in [3.05, 3.63) is 64.6 Å². The predicted molar refractivity (Wildman–Crippen MR) is 84.0 cm³/mol. The van der Waals surface area contributed by atoms with E-state index in [2.05, 4.69) is 10.5 Å². The summed E-state index contributed by atoms with van der Waals surface area (Å²) >= 11 is 0. The molecule has 2 aromatic rings. The molecule has 0 bridgehead atoms. The van der Waals surface area contributed by atoms with E-state index in [1.54, 1.807) is 18.3 Å². The van der Waals surface area contributed by atoms with Gasteiger partial charge in [0.15, 0.2) is 0 Å². The number of nitrogens with one attached hydrogen (secondary N) is 1. The maximum Gasteiger partial charge on any atom is 0.260 e. The standard InChI is InChI=1S/C16H17N3O3/c1-2-22-14-8-6-13(7-9-14)11-17-18-15(20)12-19-10-4-3-5-16(19)21/h3-11H,2,12H2,1H3,(H,18,20)/b17-11-. The molecular formula is C16H17N3O3. The molecule has 1 amide bonds. The first-order chi connectivity index (χ1) is 10.7. The van der Waals surface area contributed by atoms with E-state index in [-0.39, 0.29) is 18.0 Å². The molecule has 6 nitrogen and oxygen atoms in total. The summed E-state index contributed by atoms with van der Waals surface area (Å²) in [6, 6.07) is 12.0. The first-order valence-electron chi connectivity index (χ1n) is 6.89. The topological polar surface area (TPSA) is 72.7 Å². The van der Waals surface area contributed by atoms with E-state index in [0.29, 0.717) is 6.61 Å². The molecule has 1 aromatic carbocycles. The van der Waals surface area contributed by atoms with Gasteiger partial charge in [-0.25, -0.2) is 5.43 Å². The van der Waals surface area contributed by atoms with E-state index in [9.17, 15) is 9.59 Å². The molecule has 1 N–H and O–H groups in total. The lowest BCUT2D eigenvalue weighted by molar-refractivity contribution is -0.121. The van der Waals surface area contributed by atoms with Crippen LogP contribution in [-0.2, 0) is 11.3 Å². The summed E-state index contributed by atoms with van der Waals surface area (Å²) < 4.78 is 6.64. The third-order valence-electron chi connectivity index (χ3n) is 2.81. The number of nitrogens with zero attached hydrogens (tertiary/aromatic N) is 2. The molecule has 0 saturated carbocycles. The van der Waals surface area contributed by atoms with Crippen LogP contribution in [0.15, 0.2) is 58.6 Å². The maximum atomic E-state index is 11.7. The van der Waals surface area contributed by atoms with Gasteiger partial charge in [-0.3, -0.25) is 9.59 Å². The Balaban J connectivity index is 1.88. The summed E-state index contributed by atoms with van der Waals surface area (Å²) in [4.78, 5) is 23.2. The van der Waals surface area contributed by atoms with Crippen LogP contribution < -0.4 is 15.7 Å². The highest BCUT2D eigenvalue weighted by Gasteiger charge is 2.01. The molecule has 6 heteroatoms. The van der Waals surface area contributed by atoms with Gasteiger partial charge < -0.3 is 9.30 Å². The summed E-state index contributed by atoms with van der Waals surface area (Å²) in [6.45, 7) is 2.46. The van der Waals surface area contributed by atoms with Crippen molar-refractivity contribution in [3.63, 3.8) is 0 Å². The number of rotatable bonds is 6. The lowest BCUT2D eigenvalue weighted by Gasteiger charge is -2.03. The summed E-state index contributed by atoms with van der Waals surface area (Å²) in [5.74, 6) is 0.419. The zero-order chi connectivity index (χ0) is 15.8. The van der Waals surface area contributed by atoms with E-state index in [4.69, 9.17) is 4.74 Å². The molecule has 0 unspecified atom stereocenters. The Kier molecular flexibility index (Phi) is 5.48. The van der Waals surface area contributed by atoms with Gasteiger partial charge in [-0.2, -0.15) is 5.10 Å². The van der Waals surface area contributed by atoms with E-state index >= 15 is 0 Å². The fourth-order valence-corrected chi connectivity index (χ4v) is 1.78. The zero-order valence-electron chi connectivity index (χ0n) is 12.2. The highest BCUT2D eigenvalue weighted by Crippen LogP contribution is 2.10. The second-order valence-corrected chi connectivity index (χ2v) is 4.46. The largest absolute Gasteiger partial charge is 0.494 e. The Hall–Kier alpha value is -2.89. The number of carbonyl (C=O) groups excluding carboxylic acids is 1. The molecule has 2 rings (SSSR count). The second-order valence-electron chi connectivity index (χ2n) is 4.46. The summed E-state index contributed by atoms with van der Waals surface area (Å²) in [5, 5.41) is 3.86. The first-order valence-corrected chi connectivity index (χ1v) is 6.89. The van der Waals surface area contributed by atoms with Gasteiger partial charge in [0.05, 0.1) is 12.8 Å². The lowest BCUT2D eigenvalue weighted by Crippen LogP contribution is -2.28. The Labute approximate surface area is 128 Å². The van der Waals surface area contributed by atoms with Crippen LogP contribution in [0, 0.1) is 0 Å². The molecule has 0 aliphatic heterocycles. The molecule has 1 aromatic heterocycles. The quantitative estimate of drug-likeness (QED) is 0.647. The van der Waals surface area contributed by atoms with Gasteiger partial charge >= 0.3 is 0 Å². The number of benzene rings is 1. The van der Waals surface area contributed by atoms with Gasteiger partial charge in [0.25, 0.3) is 11.5 Å². The predicted octanol–water partition coefficient (Wildman–Crippen LogP) is 1.40. The van der Waals surface area contributed by atoms with Crippen LogP contribution >= 0.6 is 0 Å². The molecule has 0 saturated heterocycles. The molecule has 114 valence electrons. The number of pyridine rings is 1. The molecule has 0 aliphatic rings. The van der Waals surface area contributed by atoms with Gasteiger partial charge in [-0.05, 0) is 42.8 Å². The number of hydrogen-bond acceptors (Lipinski definition) is 4. The fourth-order valence-electron chi connectivity index (χ4n) is 1.78. The SMILES string of the molecule is CCOc1ccc(/C=N\NC(=O)Cn2ccccc2=O)cc1. The van der Waals surface area contributed by atoms with Crippen molar-refractivity contribution in [1.82, 2.24) is 9.99 Å². The molecule has 0 fully saturated rings. The van der Waals surface area contributed by atoms with Gasteiger partial charge in [-0.1, -0.05) is 6.07 Å². The van der Waals surface area contributed by atoms with Gasteiger partial charge in [0.1, 0.15) is 12.3 Å². The minimum atomic E-state index is -0.365. The molecular weight excluding hydrogens is 282 g/mol. The lowest BCUT2D eigenvalue weighted by atomic mass is 10.2. The van der Waals surface area contributed by atoms with E-state index in [1.165, 1.54) is 16.8 Å². The molecule has 0 spiro atoms. The van der Waals surface area contributed by atoms with Gasteiger partial charge in [0, 0.05) is 12.3 Å². The van der Waals surface area contributed by atoms with Crippen LogP contribution in [0.5, 0.6) is 5.75 Å². The van der Waals surface area contributed by atoms with Gasteiger partial charge in [0.2, 0.25) is 0 Å². The molecule has 0 aliphatic carbocycles. The second kappa shape index (κ2) is 7.78. The molecule has 22 heavy (non-hydrogen) atoms. The maximum absolute atomic E-state index is 11.7. The number of hydrogen-bond donors (Lipinski definition) is 1. The van der Waals surface area contributed by atoms with Crippen LogP contribution in [0.25, 0.3) is 0 Å². The first kappa shape index (κ1) is 15.5. The van der Waals surface area contributed by atoms with Crippen molar-refractivity contribution >= 4 is 12.1 Å². The van der Waals surface area contributed by atoms with E-state index < -0.39 is 0 Å². The van der Waals surface area contributed by atoms with Crippen LogP contribution in [0.1, 0.15) is 12.5 Å². The Bertz CT molecular complexity index is 705. The monoisotopic (exact) mass is 299 g/mol. The highest BCUT2D eigenvalue weighted by atomic mass is 16.5. The molecule has 0 radical (unpaired) electrons. The van der Waals surface area contributed by atoms with Crippen LogP contribution in [-0.4, -0.2) is 23.3 Å². The fraction of sp³-hybridized carbons (Fsp3) is 0.188. The minimum absolute atomic E-state index is 0.0692. The van der Waals surface area contributed by atoms with Crippen molar-refractivity contribution < 1.29 is 9.53 Å². The Morgan fingerprint density at radius 1 is 1.27 bits per heavy atom. The number of ether oxygens (including phenoxy) is 1. The smallest absolute Gasteiger partial charge is 0.260 e. The zero-order valence-corrected chi connectivity index (χ0v) is 12.2. The van der Waals surface area contributed by atoms with Crippen LogP contribution in [0.2, 0.25) is 0 Å². The third kappa shape index (κ3) is 4.59.